The first-order valence-electron chi connectivity index (χ1n) is 5.67. The van der Waals surface area contributed by atoms with Crippen molar-refractivity contribution < 1.29 is 9.90 Å². The molecule has 0 aliphatic carbocycles. The van der Waals surface area contributed by atoms with Gasteiger partial charge in [-0.1, -0.05) is 31.2 Å². The molecule has 0 radical (unpaired) electrons. The molecule has 2 rings (SSSR count). The van der Waals surface area contributed by atoms with Gasteiger partial charge >= 0.3 is 5.97 Å². The van der Waals surface area contributed by atoms with Gasteiger partial charge < -0.3 is 10.1 Å². The Morgan fingerprint density at radius 1 is 1.28 bits per heavy atom. The van der Waals surface area contributed by atoms with Gasteiger partial charge in [-0.05, 0) is 23.6 Å². The Labute approximate surface area is 104 Å². The van der Waals surface area contributed by atoms with Gasteiger partial charge in [0.25, 0.3) is 5.56 Å². The van der Waals surface area contributed by atoms with Gasteiger partial charge in [0.1, 0.15) is 0 Å². The van der Waals surface area contributed by atoms with E-state index in [4.69, 9.17) is 5.11 Å². The second-order valence-corrected chi connectivity index (χ2v) is 3.99. The summed E-state index contributed by atoms with van der Waals surface area (Å²) in [6, 6.07) is 8.91. The number of aromatic nitrogens is 1. The third kappa shape index (κ3) is 2.32. The molecule has 0 saturated heterocycles. The second kappa shape index (κ2) is 4.87. The number of hydrogen-bond acceptors (Lipinski definition) is 2. The fourth-order valence-corrected chi connectivity index (χ4v) is 1.74. The van der Waals surface area contributed by atoms with Crippen molar-refractivity contribution in [2.45, 2.75) is 13.3 Å². The summed E-state index contributed by atoms with van der Waals surface area (Å²) in [7, 11) is 0. The van der Waals surface area contributed by atoms with Gasteiger partial charge in [0.2, 0.25) is 0 Å². The summed E-state index contributed by atoms with van der Waals surface area (Å²) >= 11 is 0. The van der Waals surface area contributed by atoms with Crippen LogP contribution >= 0.6 is 0 Å². The molecule has 0 fully saturated rings. The second-order valence-electron chi connectivity index (χ2n) is 3.99. The van der Waals surface area contributed by atoms with E-state index in [2.05, 4.69) is 4.98 Å². The minimum Gasteiger partial charge on any atom is -0.478 e. The van der Waals surface area contributed by atoms with Gasteiger partial charge in [0.05, 0.1) is 5.56 Å². The molecule has 0 aliphatic rings. The van der Waals surface area contributed by atoms with E-state index in [9.17, 15) is 9.59 Å². The van der Waals surface area contributed by atoms with E-state index < -0.39 is 5.97 Å². The van der Waals surface area contributed by atoms with Gasteiger partial charge in [0.15, 0.2) is 0 Å². The van der Waals surface area contributed by atoms with Crippen LogP contribution in [0.3, 0.4) is 0 Å². The van der Waals surface area contributed by atoms with Crippen LogP contribution in [0.15, 0.2) is 41.3 Å². The van der Waals surface area contributed by atoms with Crippen molar-refractivity contribution in [3.8, 4) is 11.1 Å². The topological polar surface area (TPSA) is 70.2 Å². The maximum Gasteiger partial charge on any atom is 0.337 e. The molecule has 1 heterocycles. The van der Waals surface area contributed by atoms with Crippen molar-refractivity contribution in [2.24, 2.45) is 0 Å². The average molecular weight is 243 g/mol. The molecule has 2 N–H and O–H groups in total. The molecule has 4 nitrogen and oxygen atoms in total. The largest absolute Gasteiger partial charge is 0.478 e. The lowest BCUT2D eigenvalue weighted by molar-refractivity contribution is 0.0696. The quantitative estimate of drug-likeness (QED) is 0.869. The van der Waals surface area contributed by atoms with Crippen LogP contribution < -0.4 is 5.56 Å². The van der Waals surface area contributed by atoms with E-state index in [1.807, 2.05) is 31.2 Å². The zero-order chi connectivity index (χ0) is 13.1. The summed E-state index contributed by atoms with van der Waals surface area (Å²) in [6.07, 6.45) is 2.13. The summed E-state index contributed by atoms with van der Waals surface area (Å²) in [5.74, 6) is -1.06. The Bertz CT molecular complexity index is 626. The van der Waals surface area contributed by atoms with Crippen LogP contribution in [-0.2, 0) is 6.42 Å². The van der Waals surface area contributed by atoms with Gasteiger partial charge in [-0.2, -0.15) is 0 Å². The Morgan fingerprint density at radius 2 is 1.94 bits per heavy atom. The number of pyridine rings is 1. The van der Waals surface area contributed by atoms with Gasteiger partial charge in [-0.25, -0.2) is 4.79 Å². The zero-order valence-electron chi connectivity index (χ0n) is 9.93. The van der Waals surface area contributed by atoms with Gasteiger partial charge in [-0.15, -0.1) is 0 Å². The fourth-order valence-electron chi connectivity index (χ4n) is 1.74. The van der Waals surface area contributed by atoms with Crippen molar-refractivity contribution in [3.05, 3.63) is 58.0 Å². The van der Waals surface area contributed by atoms with Crippen molar-refractivity contribution >= 4 is 5.97 Å². The van der Waals surface area contributed by atoms with Crippen LogP contribution in [0.1, 0.15) is 22.8 Å². The summed E-state index contributed by atoms with van der Waals surface area (Å²) in [5.41, 5.74) is 2.05. The van der Waals surface area contributed by atoms with Crippen molar-refractivity contribution in [2.75, 3.05) is 0 Å². The lowest BCUT2D eigenvalue weighted by Crippen LogP contribution is -2.11. The molecule has 0 bridgehead atoms. The number of rotatable bonds is 3. The lowest BCUT2D eigenvalue weighted by Gasteiger charge is -2.03. The molecule has 0 amide bonds. The van der Waals surface area contributed by atoms with Crippen molar-refractivity contribution in [3.63, 3.8) is 0 Å². The molecule has 0 atom stereocenters. The van der Waals surface area contributed by atoms with Crippen LogP contribution in [-0.4, -0.2) is 16.1 Å². The molecule has 0 aliphatic heterocycles. The summed E-state index contributed by atoms with van der Waals surface area (Å²) in [4.78, 5) is 25.0. The first-order chi connectivity index (χ1) is 8.61. The third-order valence-electron chi connectivity index (χ3n) is 2.82. The molecule has 4 heteroatoms. The van der Waals surface area contributed by atoms with Gasteiger partial charge in [0, 0.05) is 11.8 Å². The maximum atomic E-state index is 11.7. The summed E-state index contributed by atoms with van der Waals surface area (Å²) in [5, 5.41) is 8.91. The van der Waals surface area contributed by atoms with Crippen LogP contribution in [0.4, 0.5) is 0 Å². The minimum absolute atomic E-state index is 0.0733. The Morgan fingerprint density at radius 3 is 2.50 bits per heavy atom. The number of carboxylic acids is 1. The van der Waals surface area contributed by atoms with Crippen molar-refractivity contribution in [1.29, 1.82) is 0 Å². The predicted octanol–water partition coefficient (Wildman–Crippen LogP) is 2.30. The maximum absolute atomic E-state index is 11.7. The molecule has 18 heavy (non-hydrogen) atoms. The molecule has 1 aromatic heterocycles. The number of nitrogens with one attached hydrogen (secondary N) is 1. The number of carboxylic acid groups (broad SMARTS) is 1. The van der Waals surface area contributed by atoms with E-state index in [-0.39, 0.29) is 11.1 Å². The highest BCUT2D eigenvalue weighted by molar-refractivity contribution is 5.88. The highest BCUT2D eigenvalue weighted by atomic mass is 16.4. The molecule has 92 valence electrons. The number of aryl methyl sites for hydroxylation is 1. The Balaban J connectivity index is 2.51. The monoisotopic (exact) mass is 243 g/mol. The first-order valence-corrected chi connectivity index (χ1v) is 5.67. The lowest BCUT2D eigenvalue weighted by atomic mass is 10.0. The standard InChI is InChI=1S/C14H13NO3/c1-2-9-3-5-10(6-4-9)12-7-11(14(17)18)8-15-13(12)16/h3-8H,2H2,1H3,(H,15,16)(H,17,18). The normalized spacial score (nSPS) is 10.3. The molecule has 0 spiro atoms. The SMILES string of the molecule is CCc1ccc(-c2cc(C(=O)O)c[nH]c2=O)cc1. The van der Waals surface area contributed by atoms with Crippen LogP contribution in [0.2, 0.25) is 0 Å². The van der Waals surface area contributed by atoms with Crippen LogP contribution in [0.25, 0.3) is 11.1 Å². The summed E-state index contributed by atoms with van der Waals surface area (Å²) < 4.78 is 0. The van der Waals surface area contributed by atoms with E-state index in [1.54, 1.807) is 0 Å². The highest BCUT2D eigenvalue weighted by Crippen LogP contribution is 2.17. The Kier molecular flexibility index (Phi) is 3.28. The zero-order valence-corrected chi connectivity index (χ0v) is 9.93. The first kappa shape index (κ1) is 12.1. The van der Waals surface area contributed by atoms with Crippen LogP contribution in [0, 0.1) is 0 Å². The number of carbonyl (C=O) groups is 1. The van der Waals surface area contributed by atoms with E-state index in [0.29, 0.717) is 5.56 Å². The smallest absolute Gasteiger partial charge is 0.337 e. The number of aromatic carboxylic acids is 1. The minimum atomic E-state index is -1.06. The highest BCUT2D eigenvalue weighted by Gasteiger charge is 2.08. The van der Waals surface area contributed by atoms with Crippen LogP contribution in [0.5, 0.6) is 0 Å². The van der Waals surface area contributed by atoms with E-state index >= 15 is 0 Å². The van der Waals surface area contributed by atoms with E-state index in [1.165, 1.54) is 17.8 Å². The molecule has 0 unspecified atom stereocenters. The fraction of sp³-hybridized carbons (Fsp3) is 0.143. The third-order valence-corrected chi connectivity index (χ3v) is 2.82. The molecule has 1 aromatic carbocycles. The molecule has 2 aromatic rings. The van der Waals surface area contributed by atoms with E-state index in [0.717, 1.165) is 12.0 Å². The number of H-pyrrole nitrogens is 1. The van der Waals surface area contributed by atoms with Crippen molar-refractivity contribution in [1.82, 2.24) is 4.98 Å². The average Bonchev–Trinajstić information content (AvgIpc) is 2.39. The number of benzene rings is 1. The number of aromatic amines is 1. The van der Waals surface area contributed by atoms with Gasteiger partial charge in [-0.3, -0.25) is 4.79 Å². The Hall–Kier alpha value is -2.36. The predicted molar refractivity (Wildman–Crippen MR) is 68.8 cm³/mol. The molecular formula is C14H13NO3. The molecular weight excluding hydrogens is 230 g/mol. The summed E-state index contributed by atoms with van der Waals surface area (Å²) in [6.45, 7) is 2.05. The molecule has 0 saturated carbocycles. The number of hydrogen-bond donors (Lipinski definition) is 2.